The van der Waals surface area contributed by atoms with Gasteiger partial charge in [0.25, 0.3) is 0 Å². The summed E-state index contributed by atoms with van der Waals surface area (Å²) in [5, 5.41) is 9.14. The van der Waals surface area contributed by atoms with E-state index in [-0.39, 0.29) is 0 Å². The Bertz CT molecular complexity index is 208. The predicted octanol–water partition coefficient (Wildman–Crippen LogP) is 0.591. The summed E-state index contributed by atoms with van der Waals surface area (Å²) in [5.41, 5.74) is 1.09. The lowest BCUT2D eigenvalue weighted by Gasteiger charge is -1.81. The SMILES string of the molecule is C=C1C=CC=C1.C=CC(=O)[O-]. The van der Waals surface area contributed by atoms with Gasteiger partial charge in [0.05, 0.1) is 5.97 Å². The molecule has 0 aromatic heterocycles. The van der Waals surface area contributed by atoms with Crippen LogP contribution >= 0.6 is 0 Å². The van der Waals surface area contributed by atoms with Crippen molar-refractivity contribution in [3.05, 3.63) is 49.1 Å². The lowest BCUT2D eigenvalue weighted by molar-refractivity contribution is -0.297. The van der Waals surface area contributed by atoms with E-state index in [4.69, 9.17) is 9.90 Å². The van der Waals surface area contributed by atoms with E-state index in [1.165, 1.54) is 0 Å². The third kappa shape index (κ3) is 6.31. The van der Waals surface area contributed by atoms with Gasteiger partial charge in [0.1, 0.15) is 0 Å². The second-order valence-corrected chi connectivity index (χ2v) is 1.82. The van der Waals surface area contributed by atoms with E-state index < -0.39 is 5.97 Å². The van der Waals surface area contributed by atoms with Crippen molar-refractivity contribution in [2.45, 2.75) is 0 Å². The quantitative estimate of drug-likeness (QED) is 0.512. The molecule has 0 heterocycles. The van der Waals surface area contributed by atoms with Gasteiger partial charge in [-0.1, -0.05) is 37.5 Å². The van der Waals surface area contributed by atoms with Gasteiger partial charge in [-0.15, -0.1) is 0 Å². The topological polar surface area (TPSA) is 40.1 Å². The minimum atomic E-state index is -1.23. The van der Waals surface area contributed by atoms with Gasteiger partial charge in [-0.3, -0.25) is 0 Å². The van der Waals surface area contributed by atoms with Crippen LogP contribution in [0.1, 0.15) is 0 Å². The fraction of sp³-hybridized carbons (Fsp3) is 0. The van der Waals surface area contributed by atoms with E-state index in [1.54, 1.807) is 0 Å². The molecule has 0 unspecified atom stereocenters. The summed E-state index contributed by atoms with van der Waals surface area (Å²) in [5.74, 6) is -1.23. The molecule has 0 aliphatic heterocycles. The zero-order chi connectivity index (χ0) is 8.69. The van der Waals surface area contributed by atoms with Gasteiger partial charge in [0.15, 0.2) is 0 Å². The van der Waals surface area contributed by atoms with Crippen LogP contribution in [0.15, 0.2) is 49.1 Å². The first-order valence-electron chi connectivity index (χ1n) is 3.04. The zero-order valence-electron chi connectivity index (χ0n) is 6.12. The summed E-state index contributed by atoms with van der Waals surface area (Å²) in [6, 6.07) is 0. The Morgan fingerprint density at radius 1 is 1.45 bits per heavy atom. The Labute approximate surface area is 65.9 Å². The highest BCUT2D eigenvalue weighted by atomic mass is 16.4. The summed E-state index contributed by atoms with van der Waals surface area (Å²) in [6.07, 6.45) is 8.62. The molecule has 2 nitrogen and oxygen atoms in total. The van der Waals surface area contributed by atoms with E-state index in [9.17, 15) is 0 Å². The van der Waals surface area contributed by atoms with Crippen LogP contribution in [0.2, 0.25) is 0 Å². The van der Waals surface area contributed by atoms with Crippen LogP contribution in [0, 0.1) is 0 Å². The standard InChI is InChI=1S/C6H6.C3H4O2/c1-6-4-2-3-5-6;1-2-3(4)5/h2-5H,1H2;2H,1H2,(H,4,5)/p-1. The Kier molecular flexibility index (Phi) is 4.49. The minimum Gasteiger partial charge on any atom is -0.545 e. The van der Waals surface area contributed by atoms with Gasteiger partial charge < -0.3 is 9.90 Å². The molecule has 0 aromatic carbocycles. The van der Waals surface area contributed by atoms with Crippen molar-refractivity contribution in [1.29, 1.82) is 0 Å². The average Bonchev–Trinajstić information content (AvgIpc) is 2.41. The third-order valence-corrected chi connectivity index (χ3v) is 0.898. The van der Waals surface area contributed by atoms with Crippen LogP contribution in [0.3, 0.4) is 0 Å². The van der Waals surface area contributed by atoms with Gasteiger partial charge in [0.2, 0.25) is 0 Å². The van der Waals surface area contributed by atoms with Gasteiger partial charge in [-0.25, -0.2) is 0 Å². The largest absolute Gasteiger partial charge is 0.545 e. The molecule has 0 bridgehead atoms. The molecule has 1 rings (SSSR count). The fourth-order valence-corrected chi connectivity index (χ4v) is 0.414. The van der Waals surface area contributed by atoms with Crippen molar-refractivity contribution in [2.75, 3.05) is 0 Å². The highest BCUT2D eigenvalue weighted by Gasteiger charge is 1.80. The maximum absolute atomic E-state index is 9.14. The molecule has 0 amide bonds. The van der Waals surface area contributed by atoms with Crippen LogP contribution in [0.5, 0.6) is 0 Å². The van der Waals surface area contributed by atoms with Crippen molar-refractivity contribution in [3.63, 3.8) is 0 Å². The first-order chi connectivity index (χ1) is 5.16. The monoisotopic (exact) mass is 149 g/mol. The van der Waals surface area contributed by atoms with Crippen molar-refractivity contribution in [3.8, 4) is 0 Å². The Morgan fingerprint density at radius 3 is 1.91 bits per heavy atom. The maximum Gasteiger partial charge on any atom is 0.0636 e. The number of carbonyl (C=O) groups excluding carboxylic acids is 1. The molecule has 11 heavy (non-hydrogen) atoms. The Balaban J connectivity index is 0.000000187. The molecule has 0 saturated carbocycles. The predicted molar refractivity (Wildman–Crippen MR) is 42.6 cm³/mol. The van der Waals surface area contributed by atoms with Crippen molar-refractivity contribution in [2.24, 2.45) is 0 Å². The number of carboxylic acids is 1. The molecule has 0 atom stereocenters. The van der Waals surface area contributed by atoms with Crippen LogP contribution in [0.4, 0.5) is 0 Å². The second kappa shape index (κ2) is 5.23. The van der Waals surface area contributed by atoms with Crippen LogP contribution in [-0.4, -0.2) is 5.97 Å². The van der Waals surface area contributed by atoms with Gasteiger partial charge in [0, 0.05) is 0 Å². The number of allylic oxidation sites excluding steroid dienone is 5. The molecule has 1 aliphatic carbocycles. The number of rotatable bonds is 1. The summed E-state index contributed by atoms with van der Waals surface area (Å²) in [7, 11) is 0. The average molecular weight is 149 g/mol. The number of hydrogen-bond acceptors (Lipinski definition) is 2. The van der Waals surface area contributed by atoms with Crippen LogP contribution < -0.4 is 5.11 Å². The minimum absolute atomic E-state index is 0.722. The number of hydrogen-bond donors (Lipinski definition) is 0. The molecular weight excluding hydrogens is 140 g/mol. The molecular formula is C9H9O2-. The Morgan fingerprint density at radius 2 is 1.82 bits per heavy atom. The number of aliphatic carboxylic acids is 1. The van der Waals surface area contributed by atoms with E-state index in [0.717, 1.165) is 11.6 Å². The summed E-state index contributed by atoms with van der Waals surface area (Å²) < 4.78 is 0. The van der Waals surface area contributed by atoms with Gasteiger partial charge in [-0.05, 0) is 11.6 Å². The second-order valence-electron chi connectivity index (χ2n) is 1.82. The smallest absolute Gasteiger partial charge is 0.0636 e. The molecule has 0 N–H and O–H groups in total. The lowest BCUT2D eigenvalue weighted by Crippen LogP contribution is -2.17. The van der Waals surface area contributed by atoms with E-state index in [1.807, 2.05) is 24.3 Å². The normalized spacial score (nSPS) is 12.2. The molecule has 0 radical (unpaired) electrons. The number of carbonyl (C=O) groups is 1. The molecule has 0 aromatic rings. The van der Waals surface area contributed by atoms with E-state index >= 15 is 0 Å². The first kappa shape index (κ1) is 9.43. The van der Waals surface area contributed by atoms with Crippen molar-refractivity contribution >= 4 is 5.97 Å². The zero-order valence-corrected chi connectivity index (χ0v) is 6.12. The van der Waals surface area contributed by atoms with E-state index in [2.05, 4.69) is 13.2 Å². The fourth-order valence-electron chi connectivity index (χ4n) is 0.414. The molecule has 0 fully saturated rings. The molecule has 0 spiro atoms. The maximum atomic E-state index is 9.14. The van der Waals surface area contributed by atoms with Crippen LogP contribution in [-0.2, 0) is 4.79 Å². The van der Waals surface area contributed by atoms with Crippen molar-refractivity contribution in [1.82, 2.24) is 0 Å². The Hall–Kier alpha value is -1.57. The lowest BCUT2D eigenvalue weighted by atomic mass is 10.4. The molecule has 1 aliphatic rings. The third-order valence-electron chi connectivity index (χ3n) is 0.898. The van der Waals surface area contributed by atoms with Gasteiger partial charge in [-0.2, -0.15) is 0 Å². The number of carboxylic acid groups (broad SMARTS) is 1. The molecule has 2 heteroatoms. The molecule has 58 valence electrons. The first-order valence-corrected chi connectivity index (χ1v) is 3.04. The van der Waals surface area contributed by atoms with E-state index in [0.29, 0.717) is 0 Å². The van der Waals surface area contributed by atoms with Crippen molar-refractivity contribution < 1.29 is 9.90 Å². The molecule has 0 saturated heterocycles. The van der Waals surface area contributed by atoms with Gasteiger partial charge >= 0.3 is 0 Å². The summed E-state index contributed by atoms with van der Waals surface area (Å²) in [4.78, 5) is 9.14. The summed E-state index contributed by atoms with van der Waals surface area (Å²) >= 11 is 0. The highest BCUT2D eigenvalue weighted by Crippen LogP contribution is 2.01. The highest BCUT2D eigenvalue weighted by molar-refractivity contribution is 5.76. The van der Waals surface area contributed by atoms with Crippen LogP contribution in [0.25, 0.3) is 0 Å². The summed E-state index contributed by atoms with van der Waals surface area (Å²) in [6.45, 7) is 6.58.